The fraction of sp³-hybridized carbons (Fsp3) is 0.667. The Labute approximate surface area is 123 Å². The van der Waals surface area contributed by atoms with Gasteiger partial charge in [-0.1, -0.05) is 38.0 Å². The predicted octanol–water partition coefficient (Wildman–Crippen LogP) is 4.30. The molecule has 1 aromatic carbocycles. The highest BCUT2D eigenvalue weighted by molar-refractivity contribution is 5.37. The van der Waals surface area contributed by atoms with Gasteiger partial charge in [-0.25, -0.2) is 0 Å². The van der Waals surface area contributed by atoms with Crippen LogP contribution in [-0.4, -0.2) is 19.3 Å². The van der Waals surface area contributed by atoms with E-state index >= 15 is 0 Å². The van der Waals surface area contributed by atoms with Crippen LogP contribution in [0.15, 0.2) is 18.2 Å². The number of benzene rings is 1. The van der Waals surface area contributed by atoms with E-state index in [1.165, 1.54) is 29.5 Å². The van der Waals surface area contributed by atoms with Crippen LogP contribution in [0.3, 0.4) is 0 Å². The first-order chi connectivity index (χ1) is 9.64. The van der Waals surface area contributed by atoms with Crippen LogP contribution >= 0.6 is 0 Å². The molecule has 0 saturated heterocycles. The molecule has 1 aliphatic carbocycles. The molecule has 0 radical (unpaired) electrons. The maximum Gasteiger partial charge on any atom is 0.0872 e. The zero-order valence-electron chi connectivity index (χ0n) is 13.5. The topological polar surface area (TPSA) is 21.3 Å². The van der Waals surface area contributed by atoms with Crippen LogP contribution < -0.4 is 5.32 Å². The molecule has 1 fully saturated rings. The van der Waals surface area contributed by atoms with E-state index in [1.54, 1.807) is 0 Å². The number of aryl methyl sites for hydroxylation is 1. The van der Waals surface area contributed by atoms with E-state index in [4.69, 9.17) is 4.74 Å². The molecule has 0 bridgehead atoms. The van der Waals surface area contributed by atoms with Crippen molar-refractivity contribution in [3.05, 3.63) is 34.9 Å². The smallest absolute Gasteiger partial charge is 0.0872 e. The van der Waals surface area contributed by atoms with E-state index in [0.29, 0.717) is 6.04 Å². The summed E-state index contributed by atoms with van der Waals surface area (Å²) in [6, 6.07) is 6.96. The van der Waals surface area contributed by atoms with E-state index in [-0.39, 0.29) is 5.60 Å². The number of nitrogens with one attached hydrogen (secondary N) is 1. The van der Waals surface area contributed by atoms with E-state index in [1.807, 2.05) is 7.11 Å². The minimum atomic E-state index is -0.0201. The van der Waals surface area contributed by atoms with Crippen LogP contribution in [0.25, 0.3) is 0 Å². The summed E-state index contributed by atoms with van der Waals surface area (Å²) in [5.41, 5.74) is 4.18. The quantitative estimate of drug-likeness (QED) is 0.835. The Kier molecular flexibility index (Phi) is 5.22. The standard InChI is InChI=1S/C18H29NO/c1-5-13-19-17(18(20-4)11-6-7-12-18)16-10-8-9-14(2)15(16)3/h8-10,17,19H,5-7,11-13H2,1-4H3. The molecule has 1 unspecified atom stereocenters. The Morgan fingerprint density at radius 2 is 1.95 bits per heavy atom. The van der Waals surface area contributed by atoms with Crippen molar-refractivity contribution in [1.82, 2.24) is 5.32 Å². The van der Waals surface area contributed by atoms with E-state index in [2.05, 4.69) is 44.3 Å². The van der Waals surface area contributed by atoms with Gasteiger partial charge < -0.3 is 10.1 Å². The first kappa shape index (κ1) is 15.5. The molecule has 0 spiro atoms. The lowest BCUT2D eigenvalue weighted by Gasteiger charge is -2.38. The van der Waals surface area contributed by atoms with Gasteiger partial charge in [0.25, 0.3) is 0 Å². The molecule has 0 heterocycles. The summed E-state index contributed by atoms with van der Waals surface area (Å²) in [5.74, 6) is 0. The molecule has 1 saturated carbocycles. The lowest BCUT2D eigenvalue weighted by Crippen LogP contribution is -2.44. The average molecular weight is 275 g/mol. The van der Waals surface area contributed by atoms with Gasteiger partial charge in [-0.3, -0.25) is 0 Å². The maximum atomic E-state index is 6.04. The third-order valence-corrected chi connectivity index (χ3v) is 4.94. The van der Waals surface area contributed by atoms with Gasteiger partial charge in [0, 0.05) is 7.11 Å². The molecule has 0 aromatic heterocycles. The van der Waals surface area contributed by atoms with Gasteiger partial charge in [-0.15, -0.1) is 0 Å². The molecule has 0 aliphatic heterocycles. The van der Waals surface area contributed by atoms with E-state index in [9.17, 15) is 0 Å². The molecule has 2 heteroatoms. The second kappa shape index (κ2) is 6.73. The monoisotopic (exact) mass is 275 g/mol. The van der Waals surface area contributed by atoms with Crippen molar-refractivity contribution < 1.29 is 4.74 Å². The summed E-state index contributed by atoms with van der Waals surface area (Å²) < 4.78 is 6.04. The zero-order chi connectivity index (χ0) is 14.6. The van der Waals surface area contributed by atoms with Gasteiger partial charge in [-0.2, -0.15) is 0 Å². The van der Waals surface area contributed by atoms with Gasteiger partial charge in [-0.05, 0) is 56.3 Å². The first-order valence-electron chi connectivity index (χ1n) is 7.99. The van der Waals surface area contributed by atoms with Crippen molar-refractivity contribution in [3.8, 4) is 0 Å². The third-order valence-electron chi connectivity index (χ3n) is 4.94. The molecule has 2 nitrogen and oxygen atoms in total. The lowest BCUT2D eigenvalue weighted by molar-refractivity contribution is -0.0369. The summed E-state index contributed by atoms with van der Waals surface area (Å²) >= 11 is 0. The third kappa shape index (κ3) is 2.91. The summed E-state index contributed by atoms with van der Waals surface area (Å²) in [6.45, 7) is 7.71. The molecule has 1 N–H and O–H groups in total. The Morgan fingerprint density at radius 1 is 1.25 bits per heavy atom. The van der Waals surface area contributed by atoms with E-state index in [0.717, 1.165) is 25.8 Å². The number of hydrogen-bond acceptors (Lipinski definition) is 2. The molecule has 20 heavy (non-hydrogen) atoms. The van der Waals surface area contributed by atoms with Crippen molar-refractivity contribution in [2.24, 2.45) is 0 Å². The molecule has 1 aliphatic rings. The minimum absolute atomic E-state index is 0.0201. The van der Waals surface area contributed by atoms with Crippen molar-refractivity contribution in [1.29, 1.82) is 0 Å². The number of rotatable bonds is 6. The Balaban J connectivity index is 2.38. The first-order valence-corrected chi connectivity index (χ1v) is 7.99. The summed E-state index contributed by atoms with van der Waals surface area (Å²) in [5, 5.41) is 3.76. The molecule has 1 atom stereocenters. The Morgan fingerprint density at radius 3 is 2.55 bits per heavy atom. The predicted molar refractivity (Wildman–Crippen MR) is 85.2 cm³/mol. The van der Waals surface area contributed by atoms with Crippen molar-refractivity contribution in [2.45, 2.75) is 64.5 Å². The van der Waals surface area contributed by atoms with Crippen LogP contribution in [0.1, 0.15) is 61.8 Å². The summed E-state index contributed by atoms with van der Waals surface area (Å²) in [4.78, 5) is 0. The van der Waals surface area contributed by atoms with Gasteiger partial charge >= 0.3 is 0 Å². The van der Waals surface area contributed by atoms with Crippen LogP contribution in [0.4, 0.5) is 0 Å². The average Bonchev–Trinajstić information content (AvgIpc) is 2.93. The lowest BCUT2D eigenvalue weighted by atomic mass is 9.83. The van der Waals surface area contributed by atoms with Gasteiger partial charge in [0.15, 0.2) is 0 Å². The zero-order valence-corrected chi connectivity index (χ0v) is 13.5. The molecular weight excluding hydrogens is 246 g/mol. The van der Waals surface area contributed by atoms with Crippen molar-refractivity contribution in [2.75, 3.05) is 13.7 Å². The molecular formula is C18H29NO. The SMILES string of the molecule is CCCNC(c1cccc(C)c1C)C1(OC)CCCC1. The molecule has 2 rings (SSSR count). The second-order valence-corrected chi connectivity index (χ2v) is 6.15. The molecule has 112 valence electrons. The van der Waals surface area contributed by atoms with Gasteiger partial charge in [0.1, 0.15) is 0 Å². The number of ether oxygens (including phenoxy) is 1. The van der Waals surface area contributed by atoms with Crippen molar-refractivity contribution >= 4 is 0 Å². The van der Waals surface area contributed by atoms with Gasteiger partial charge in [0.05, 0.1) is 11.6 Å². The van der Waals surface area contributed by atoms with Crippen LogP contribution in [0, 0.1) is 13.8 Å². The Bertz CT molecular complexity index is 435. The van der Waals surface area contributed by atoms with E-state index < -0.39 is 0 Å². The maximum absolute atomic E-state index is 6.04. The fourth-order valence-electron chi connectivity index (χ4n) is 3.54. The van der Waals surface area contributed by atoms with Crippen molar-refractivity contribution in [3.63, 3.8) is 0 Å². The minimum Gasteiger partial charge on any atom is -0.376 e. The molecule has 0 amide bonds. The normalized spacial score (nSPS) is 19.2. The summed E-state index contributed by atoms with van der Waals surface area (Å²) in [6.07, 6.45) is 6.05. The number of hydrogen-bond donors (Lipinski definition) is 1. The van der Waals surface area contributed by atoms with Crippen LogP contribution in [0.2, 0.25) is 0 Å². The van der Waals surface area contributed by atoms with Crippen LogP contribution in [-0.2, 0) is 4.74 Å². The number of methoxy groups -OCH3 is 1. The fourth-order valence-corrected chi connectivity index (χ4v) is 3.54. The Hall–Kier alpha value is -0.860. The second-order valence-electron chi connectivity index (χ2n) is 6.15. The van der Waals surface area contributed by atoms with Gasteiger partial charge in [0.2, 0.25) is 0 Å². The van der Waals surface area contributed by atoms with Crippen LogP contribution in [0.5, 0.6) is 0 Å². The highest BCUT2D eigenvalue weighted by Gasteiger charge is 2.42. The highest BCUT2D eigenvalue weighted by Crippen LogP contribution is 2.43. The molecule has 1 aromatic rings. The highest BCUT2D eigenvalue weighted by atomic mass is 16.5. The largest absolute Gasteiger partial charge is 0.376 e. The summed E-state index contributed by atoms with van der Waals surface area (Å²) in [7, 11) is 1.89.